The van der Waals surface area contributed by atoms with Crippen LogP contribution < -0.4 is 10.2 Å². The number of amides is 1. The Morgan fingerprint density at radius 3 is 2.58 bits per heavy atom. The summed E-state index contributed by atoms with van der Waals surface area (Å²) in [7, 11) is 0. The number of carbonyl (C=O) groups is 1. The molecule has 1 saturated heterocycles. The van der Waals surface area contributed by atoms with Gasteiger partial charge in [-0.25, -0.2) is 4.99 Å². The molecule has 2 aromatic rings. The molecule has 0 radical (unpaired) electrons. The third-order valence-corrected chi connectivity index (χ3v) is 6.94. The van der Waals surface area contributed by atoms with Crippen LogP contribution in [0.4, 0.5) is 11.4 Å². The van der Waals surface area contributed by atoms with Gasteiger partial charge in [-0.2, -0.15) is 0 Å². The number of hydrogen-bond donors (Lipinski definition) is 1. The standard InChI is InChI=1S/C26H31N3OS/c1-16(2)29-22-12-9-19(13-21(22)18(4)15-26(29,5)6)14-23-24(30)28-25(31-23)27-20-10-7-17(3)8-11-20/h7-14,16,18H,15H2,1-6H3,(H,27,28,30)/b23-14-. The SMILES string of the molecule is Cc1ccc(N=C2NC(=O)/C(=C/c3ccc4c(c3)C(C)CC(C)(C)N4C(C)C)S2)cc1. The van der Waals surface area contributed by atoms with Gasteiger partial charge in [0.2, 0.25) is 0 Å². The first-order valence-electron chi connectivity index (χ1n) is 10.9. The number of carbonyl (C=O) groups excluding carboxylic acids is 1. The number of nitrogens with zero attached hydrogens (tertiary/aromatic N) is 2. The molecule has 4 nitrogen and oxygen atoms in total. The van der Waals surface area contributed by atoms with Crippen LogP contribution in [0.2, 0.25) is 0 Å². The zero-order chi connectivity index (χ0) is 22.3. The molecule has 2 heterocycles. The van der Waals surface area contributed by atoms with Crippen LogP contribution in [-0.4, -0.2) is 22.7 Å². The van der Waals surface area contributed by atoms with Crippen molar-refractivity contribution in [2.75, 3.05) is 4.90 Å². The van der Waals surface area contributed by atoms with Crippen molar-refractivity contribution in [1.29, 1.82) is 0 Å². The van der Waals surface area contributed by atoms with Gasteiger partial charge in [-0.3, -0.25) is 4.79 Å². The maximum absolute atomic E-state index is 12.5. The molecule has 0 aliphatic carbocycles. The lowest BCUT2D eigenvalue weighted by Crippen LogP contribution is -2.51. The van der Waals surface area contributed by atoms with Gasteiger partial charge in [0.25, 0.3) is 5.91 Å². The number of hydrogen-bond acceptors (Lipinski definition) is 4. The quantitative estimate of drug-likeness (QED) is 0.571. The Bertz CT molecular complexity index is 1070. The molecule has 2 aromatic carbocycles. The summed E-state index contributed by atoms with van der Waals surface area (Å²) in [5.41, 5.74) is 5.89. The highest BCUT2D eigenvalue weighted by molar-refractivity contribution is 8.18. The Labute approximate surface area is 189 Å². The molecule has 0 bridgehead atoms. The van der Waals surface area contributed by atoms with E-state index in [4.69, 9.17) is 0 Å². The molecule has 0 spiro atoms. The fraction of sp³-hybridized carbons (Fsp3) is 0.385. The Hall–Kier alpha value is -2.53. The summed E-state index contributed by atoms with van der Waals surface area (Å²) >= 11 is 1.40. The third kappa shape index (κ3) is 4.42. The molecule has 4 rings (SSSR count). The van der Waals surface area contributed by atoms with Gasteiger partial charge in [0.1, 0.15) is 0 Å². The number of anilines is 1. The lowest BCUT2D eigenvalue weighted by Gasteiger charge is -2.50. The number of thioether (sulfide) groups is 1. The molecule has 2 aliphatic rings. The molecule has 5 heteroatoms. The predicted octanol–water partition coefficient (Wildman–Crippen LogP) is 6.39. The summed E-state index contributed by atoms with van der Waals surface area (Å²) in [5, 5.41) is 3.51. The lowest BCUT2D eigenvalue weighted by molar-refractivity contribution is -0.115. The minimum Gasteiger partial charge on any atom is -0.364 e. The Balaban J connectivity index is 1.62. The zero-order valence-electron chi connectivity index (χ0n) is 19.2. The first-order chi connectivity index (χ1) is 14.6. The average Bonchev–Trinajstić information content (AvgIpc) is 3.02. The van der Waals surface area contributed by atoms with Gasteiger partial charge in [-0.15, -0.1) is 0 Å². The maximum Gasteiger partial charge on any atom is 0.264 e. The number of aliphatic imine (C=N–C) groups is 1. The summed E-state index contributed by atoms with van der Waals surface area (Å²) in [6.45, 7) is 13.5. The molecule has 1 atom stereocenters. The van der Waals surface area contributed by atoms with E-state index in [2.05, 4.69) is 68.0 Å². The molecule has 1 fully saturated rings. The second-order valence-electron chi connectivity index (χ2n) is 9.52. The molecular weight excluding hydrogens is 402 g/mol. The second kappa shape index (κ2) is 8.19. The van der Waals surface area contributed by atoms with E-state index in [0.717, 1.165) is 17.7 Å². The van der Waals surface area contributed by atoms with Gasteiger partial charge in [0, 0.05) is 17.3 Å². The van der Waals surface area contributed by atoms with Crippen molar-refractivity contribution in [3.63, 3.8) is 0 Å². The van der Waals surface area contributed by atoms with E-state index in [1.165, 1.54) is 28.6 Å². The zero-order valence-corrected chi connectivity index (χ0v) is 20.0. The van der Waals surface area contributed by atoms with Crippen LogP contribution in [0.1, 0.15) is 63.6 Å². The lowest BCUT2D eigenvalue weighted by atomic mass is 9.79. The van der Waals surface area contributed by atoms with E-state index in [1.807, 2.05) is 37.3 Å². The van der Waals surface area contributed by atoms with Gasteiger partial charge in [0.05, 0.1) is 10.6 Å². The highest BCUT2D eigenvalue weighted by atomic mass is 32.2. The summed E-state index contributed by atoms with van der Waals surface area (Å²) in [4.78, 5) is 20.3. The van der Waals surface area contributed by atoms with Crippen molar-refractivity contribution < 1.29 is 4.79 Å². The number of nitrogens with one attached hydrogen (secondary N) is 1. The van der Waals surface area contributed by atoms with E-state index >= 15 is 0 Å². The van der Waals surface area contributed by atoms with Crippen molar-refractivity contribution in [1.82, 2.24) is 5.32 Å². The van der Waals surface area contributed by atoms with Crippen LogP contribution in [-0.2, 0) is 4.79 Å². The third-order valence-electron chi connectivity index (χ3n) is 6.03. The Kier molecular flexibility index (Phi) is 5.73. The Morgan fingerprint density at radius 2 is 1.90 bits per heavy atom. The topological polar surface area (TPSA) is 44.7 Å². The minimum atomic E-state index is -0.0911. The van der Waals surface area contributed by atoms with Crippen molar-refractivity contribution >= 4 is 40.3 Å². The van der Waals surface area contributed by atoms with Crippen LogP contribution in [0.3, 0.4) is 0 Å². The Morgan fingerprint density at radius 1 is 1.19 bits per heavy atom. The molecule has 2 aliphatic heterocycles. The molecule has 1 unspecified atom stereocenters. The molecule has 1 N–H and O–H groups in total. The van der Waals surface area contributed by atoms with E-state index in [0.29, 0.717) is 22.0 Å². The highest BCUT2D eigenvalue weighted by Gasteiger charge is 2.37. The number of rotatable bonds is 3. The van der Waals surface area contributed by atoms with Gasteiger partial charge in [-0.1, -0.05) is 30.7 Å². The summed E-state index contributed by atoms with van der Waals surface area (Å²) in [6.07, 6.45) is 3.09. The predicted molar refractivity (Wildman–Crippen MR) is 133 cm³/mol. The summed E-state index contributed by atoms with van der Waals surface area (Å²) in [6, 6.07) is 15.0. The molecule has 0 aromatic heterocycles. The molecule has 162 valence electrons. The van der Waals surface area contributed by atoms with Gasteiger partial charge in [0.15, 0.2) is 5.17 Å². The molecule has 0 saturated carbocycles. The highest BCUT2D eigenvalue weighted by Crippen LogP contribution is 2.45. The fourth-order valence-corrected chi connectivity index (χ4v) is 5.75. The second-order valence-corrected chi connectivity index (χ2v) is 10.5. The number of aryl methyl sites for hydroxylation is 1. The minimum absolute atomic E-state index is 0.0911. The number of fused-ring (bicyclic) bond motifs is 1. The van der Waals surface area contributed by atoms with Crippen molar-refractivity contribution in [2.45, 2.75) is 65.5 Å². The number of benzene rings is 2. The van der Waals surface area contributed by atoms with E-state index < -0.39 is 0 Å². The molecule has 1 amide bonds. The molecular formula is C26H31N3OS. The summed E-state index contributed by atoms with van der Waals surface area (Å²) in [5.74, 6) is 0.383. The van der Waals surface area contributed by atoms with Gasteiger partial charge < -0.3 is 10.2 Å². The van der Waals surface area contributed by atoms with E-state index in [1.54, 1.807) is 0 Å². The van der Waals surface area contributed by atoms with Crippen LogP contribution in [0.25, 0.3) is 6.08 Å². The summed E-state index contributed by atoms with van der Waals surface area (Å²) < 4.78 is 0. The van der Waals surface area contributed by atoms with Crippen molar-refractivity contribution in [2.24, 2.45) is 4.99 Å². The maximum atomic E-state index is 12.5. The van der Waals surface area contributed by atoms with Gasteiger partial charge in [-0.05, 0) is 100 Å². The average molecular weight is 434 g/mol. The van der Waals surface area contributed by atoms with Gasteiger partial charge >= 0.3 is 0 Å². The van der Waals surface area contributed by atoms with Crippen LogP contribution in [0, 0.1) is 6.92 Å². The fourth-order valence-electron chi connectivity index (χ4n) is 4.91. The monoisotopic (exact) mass is 433 g/mol. The van der Waals surface area contributed by atoms with Crippen molar-refractivity contribution in [3.05, 3.63) is 64.1 Å². The number of amidine groups is 1. The van der Waals surface area contributed by atoms with Crippen LogP contribution in [0.15, 0.2) is 52.4 Å². The van der Waals surface area contributed by atoms with Crippen molar-refractivity contribution in [3.8, 4) is 0 Å². The van der Waals surface area contributed by atoms with Crippen LogP contribution in [0.5, 0.6) is 0 Å². The normalized spacial score (nSPS) is 22.9. The molecule has 31 heavy (non-hydrogen) atoms. The first kappa shape index (κ1) is 21.7. The van der Waals surface area contributed by atoms with E-state index in [9.17, 15) is 4.79 Å². The van der Waals surface area contributed by atoms with Crippen LogP contribution >= 0.6 is 11.8 Å². The smallest absolute Gasteiger partial charge is 0.264 e. The first-order valence-corrected chi connectivity index (χ1v) is 11.8. The van der Waals surface area contributed by atoms with E-state index in [-0.39, 0.29) is 11.4 Å². The largest absolute Gasteiger partial charge is 0.364 e.